The van der Waals surface area contributed by atoms with Crippen LogP contribution in [0.3, 0.4) is 0 Å². The summed E-state index contributed by atoms with van der Waals surface area (Å²) in [7, 11) is 0. The molecule has 0 bridgehead atoms. The van der Waals surface area contributed by atoms with Crippen molar-refractivity contribution in [2.24, 2.45) is 4.99 Å². The summed E-state index contributed by atoms with van der Waals surface area (Å²) >= 11 is 7.23. The summed E-state index contributed by atoms with van der Waals surface area (Å²) in [5.41, 5.74) is 1.65. The number of amides is 1. The Labute approximate surface area is 136 Å². The number of carbonyl (C=O) groups is 1. The summed E-state index contributed by atoms with van der Waals surface area (Å²) < 4.78 is 12.9. The Hall–Kier alpha value is -1.85. The number of aliphatic imine (C=N–C) groups is 1. The lowest BCUT2D eigenvalue weighted by atomic mass is 10.1. The molecule has 2 aromatic rings. The molecule has 0 aliphatic carbocycles. The van der Waals surface area contributed by atoms with Gasteiger partial charge in [0.25, 0.3) is 0 Å². The Kier molecular flexibility index (Phi) is 4.45. The van der Waals surface area contributed by atoms with E-state index in [0.717, 1.165) is 5.56 Å². The fourth-order valence-corrected chi connectivity index (χ4v) is 3.21. The van der Waals surface area contributed by atoms with Crippen LogP contribution in [0, 0.1) is 5.82 Å². The number of hydrogen-bond donors (Lipinski definition) is 1. The zero-order valence-electron chi connectivity index (χ0n) is 11.4. The van der Waals surface area contributed by atoms with Crippen LogP contribution in [0.1, 0.15) is 5.56 Å². The van der Waals surface area contributed by atoms with Crippen molar-refractivity contribution in [1.82, 2.24) is 5.32 Å². The zero-order chi connectivity index (χ0) is 15.5. The van der Waals surface area contributed by atoms with Crippen LogP contribution in [-0.4, -0.2) is 16.3 Å². The summed E-state index contributed by atoms with van der Waals surface area (Å²) in [4.78, 5) is 16.3. The Bertz CT molecular complexity index is 716. The SMILES string of the molecule is O=C1NC(=Nc2ccc(F)cc2)S[C@@H]1Cc1ccc(Cl)cc1. The standard InChI is InChI=1S/C16H12ClFN2OS/c17-11-3-1-10(2-4-11)9-14-15(21)20-16(22-14)19-13-7-5-12(18)6-8-13/h1-8,14H,9H2,(H,19,20,21)/t14-/m1/s1. The second-order valence-corrected chi connectivity index (χ2v) is 6.45. The lowest BCUT2D eigenvalue weighted by Gasteiger charge is -2.05. The number of thioether (sulfide) groups is 1. The average molecular weight is 335 g/mol. The topological polar surface area (TPSA) is 41.5 Å². The van der Waals surface area contributed by atoms with Gasteiger partial charge in [0.05, 0.1) is 10.9 Å². The third kappa shape index (κ3) is 3.67. The third-order valence-corrected chi connectivity index (χ3v) is 4.50. The summed E-state index contributed by atoms with van der Waals surface area (Å²) in [5.74, 6) is -0.381. The predicted octanol–water partition coefficient (Wildman–Crippen LogP) is 3.94. The van der Waals surface area contributed by atoms with Gasteiger partial charge in [0, 0.05) is 5.02 Å². The van der Waals surface area contributed by atoms with Crippen LogP contribution in [0.2, 0.25) is 5.02 Å². The normalized spacial score (nSPS) is 19.5. The molecule has 22 heavy (non-hydrogen) atoms. The highest BCUT2D eigenvalue weighted by Crippen LogP contribution is 2.26. The van der Waals surface area contributed by atoms with Gasteiger partial charge in [0.15, 0.2) is 5.17 Å². The molecule has 2 aromatic carbocycles. The molecule has 1 fully saturated rings. The monoisotopic (exact) mass is 334 g/mol. The lowest BCUT2D eigenvalue weighted by Crippen LogP contribution is -2.25. The summed E-state index contributed by atoms with van der Waals surface area (Å²) in [6, 6.07) is 13.3. The molecule has 1 atom stereocenters. The van der Waals surface area contributed by atoms with Crippen LogP contribution in [0.5, 0.6) is 0 Å². The molecule has 1 N–H and O–H groups in total. The molecular weight excluding hydrogens is 323 g/mol. The van der Waals surface area contributed by atoms with Gasteiger partial charge in [-0.05, 0) is 48.4 Å². The minimum atomic E-state index is -0.312. The first-order valence-corrected chi connectivity index (χ1v) is 7.92. The molecule has 1 amide bonds. The first-order valence-electron chi connectivity index (χ1n) is 6.66. The maximum atomic E-state index is 12.9. The van der Waals surface area contributed by atoms with E-state index in [2.05, 4.69) is 10.3 Å². The van der Waals surface area contributed by atoms with Gasteiger partial charge in [-0.2, -0.15) is 0 Å². The van der Waals surface area contributed by atoms with Gasteiger partial charge >= 0.3 is 0 Å². The molecular formula is C16H12ClFN2OS. The summed E-state index contributed by atoms with van der Waals surface area (Å²) in [5, 5.41) is 3.74. The van der Waals surface area contributed by atoms with Gasteiger partial charge in [-0.25, -0.2) is 9.38 Å². The Morgan fingerprint density at radius 1 is 1.14 bits per heavy atom. The van der Waals surface area contributed by atoms with Gasteiger partial charge in [-0.15, -0.1) is 0 Å². The molecule has 0 spiro atoms. The molecule has 6 heteroatoms. The zero-order valence-corrected chi connectivity index (χ0v) is 13.0. The number of benzene rings is 2. The minimum absolute atomic E-state index is 0.0687. The van der Waals surface area contributed by atoms with E-state index in [1.54, 1.807) is 12.1 Å². The van der Waals surface area contributed by atoms with Crippen molar-refractivity contribution in [1.29, 1.82) is 0 Å². The lowest BCUT2D eigenvalue weighted by molar-refractivity contribution is -0.118. The van der Waals surface area contributed by atoms with Gasteiger partial charge in [-0.3, -0.25) is 4.79 Å². The second-order valence-electron chi connectivity index (χ2n) is 4.82. The van der Waals surface area contributed by atoms with Crippen molar-refractivity contribution in [2.45, 2.75) is 11.7 Å². The fraction of sp³-hybridized carbons (Fsp3) is 0.125. The van der Waals surface area contributed by atoms with E-state index in [0.29, 0.717) is 22.3 Å². The summed E-state index contributed by atoms with van der Waals surface area (Å²) in [6.45, 7) is 0. The van der Waals surface area contributed by atoms with Crippen LogP contribution in [-0.2, 0) is 11.2 Å². The molecule has 0 saturated carbocycles. The number of nitrogens with one attached hydrogen (secondary N) is 1. The molecule has 0 unspecified atom stereocenters. The highest BCUT2D eigenvalue weighted by molar-refractivity contribution is 8.15. The molecule has 1 aliphatic heterocycles. The van der Waals surface area contributed by atoms with E-state index in [9.17, 15) is 9.18 Å². The van der Waals surface area contributed by atoms with Gasteiger partial charge in [0.2, 0.25) is 5.91 Å². The van der Waals surface area contributed by atoms with E-state index in [1.807, 2.05) is 24.3 Å². The molecule has 1 heterocycles. The van der Waals surface area contributed by atoms with Crippen molar-refractivity contribution < 1.29 is 9.18 Å². The molecule has 0 radical (unpaired) electrons. The maximum absolute atomic E-state index is 12.9. The quantitative estimate of drug-likeness (QED) is 0.923. The van der Waals surface area contributed by atoms with Crippen molar-refractivity contribution in [3.63, 3.8) is 0 Å². The van der Waals surface area contributed by atoms with Gasteiger partial charge < -0.3 is 5.32 Å². The number of halogens is 2. The van der Waals surface area contributed by atoms with E-state index in [-0.39, 0.29) is 17.0 Å². The number of hydrogen-bond acceptors (Lipinski definition) is 3. The van der Waals surface area contributed by atoms with E-state index in [1.165, 1.54) is 23.9 Å². The molecule has 1 saturated heterocycles. The fourth-order valence-electron chi connectivity index (χ4n) is 2.06. The second kappa shape index (κ2) is 6.50. The van der Waals surface area contributed by atoms with Crippen LogP contribution in [0.25, 0.3) is 0 Å². The van der Waals surface area contributed by atoms with Crippen molar-refractivity contribution in [3.05, 3.63) is 64.9 Å². The Morgan fingerprint density at radius 3 is 2.50 bits per heavy atom. The van der Waals surface area contributed by atoms with Crippen LogP contribution in [0.4, 0.5) is 10.1 Å². The summed E-state index contributed by atoms with van der Waals surface area (Å²) in [6.07, 6.45) is 0.607. The van der Waals surface area contributed by atoms with E-state index in [4.69, 9.17) is 11.6 Å². The highest BCUT2D eigenvalue weighted by Gasteiger charge is 2.30. The average Bonchev–Trinajstić information content (AvgIpc) is 2.84. The van der Waals surface area contributed by atoms with Gasteiger partial charge in [0.1, 0.15) is 5.82 Å². The first kappa shape index (κ1) is 15.1. The Morgan fingerprint density at radius 2 is 1.82 bits per heavy atom. The van der Waals surface area contributed by atoms with E-state index >= 15 is 0 Å². The van der Waals surface area contributed by atoms with Gasteiger partial charge in [-0.1, -0.05) is 35.5 Å². The maximum Gasteiger partial charge on any atom is 0.239 e. The number of carbonyl (C=O) groups excluding carboxylic acids is 1. The van der Waals surface area contributed by atoms with Crippen LogP contribution >= 0.6 is 23.4 Å². The third-order valence-electron chi connectivity index (χ3n) is 3.17. The molecule has 3 rings (SSSR count). The van der Waals surface area contributed by atoms with Crippen LogP contribution < -0.4 is 5.32 Å². The van der Waals surface area contributed by atoms with Crippen molar-refractivity contribution >= 4 is 40.1 Å². The minimum Gasteiger partial charge on any atom is -0.304 e. The molecule has 112 valence electrons. The smallest absolute Gasteiger partial charge is 0.239 e. The number of rotatable bonds is 3. The molecule has 0 aromatic heterocycles. The van der Waals surface area contributed by atoms with Crippen molar-refractivity contribution in [3.8, 4) is 0 Å². The van der Waals surface area contributed by atoms with Crippen LogP contribution in [0.15, 0.2) is 53.5 Å². The predicted molar refractivity (Wildman–Crippen MR) is 88.2 cm³/mol. The highest BCUT2D eigenvalue weighted by atomic mass is 35.5. The molecule has 1 aliphatic rings. The first-order chi connectivity index (χ1) is 10.6. The molecule has 3 nitrogen and oxygen atoms in total. The van der Waals surface area contributed by atoms with E-state index < -0.39 is 0 Å². The number of nitrogens with zero attached hydrogens (tertiary/aromatic N) is 1. The Balaban J connectivity index is 1.70. The largest absolute Gasteiger partial charge is 0.304 e. The van der Waals surface area contributed by atoms with Crippen molar-refractivity contribution in [2.75, 3.05) is 0 Å². The number of amidine groups is 1.